The first-order valence-corrected chi connectivity index (χ1v) is 9.71. The van der Waals surface area contributed by atoms with Gasteiger partial charge in [-0.05, 0) is 65.2 Å². The highest BCUT2D eigenvalue weighted by Gasteiger charge is 2.30. The van der Waals surface area contributed by atoms with Gasteiger partial charge < -0.3 is 9.73 Å². The Morgan fingerprint density at radius 2 is 1.74 bits per heavy atom. The van der Waals surface area contributed by atoms with Gasteiger partial charge in [0.25, 0.3) is 5.91 Å². The van der Waals surface area contributed by atoms with E-state index in [4.69, 9.17) is 4.42 Å². The number of hydrogen-bond acceptors (Lipinski definition) is 4. The molecule has 1 aromatic heterocycles. The van der Waals surface area contributed by atoms with Crippen LogP contribution in [0, 0.1) is 0 Å². The normalized spacial score (nSPS) is 15.7. The second kappa shape index (κ2) is 6.49. The molecule has 7 heteroatoms. The van der Waals surface area contributed by atoms with Gasteiger partial charge >= 0.3 is 0 Å². The molecule has 3 rings (SSSR count). The minimum atomic E-state index is -3.27. The number of furan rings is 1. The van der Waals surface area contributed by atoms with Crippen molar-refractivity contribution in [3.63, 3.8) is 0 Å². The van der Waals surface area contributed by atoms with Crippen molar-refractivity contribution in [1.82, 2.24) is 0 Å². The smallest absolute Gasteiger partial charge is 0.291 e. The van der Waals surface area contributed by atoms with E-state index in [1.165, 1.54) is 0 Å². The quantitative estimate of drug-likeness (QED) is 0.845. The Hall–Kier alpha value is -1.60. The van der Waals surface area contributed by atoms with E-state index in [-0.39, 0.29) is 16.9 Å². The van der Waals surface area contributed by atoms with Gasteiger partial charge in [-0.2, -0.15) is 0 Å². The molecule has 0 atom stereocenters. The zero-order chi connectivity index (χ0) is 16.4. The number of anilines is 1. The van der Waals surface area contributed by atoms with Crippen molar-refractivity contribution < 1.29 is 17.6 Å². The van der Waals surface area contributed by atoms with Crippen LogP contribution in [0.2, 0.25) is 0 Å². The molecule has 23 heavy (non-hydrogen) atoms. The number of halogens is 1. The largest absolute Gasteiger partial charge is 0.444 e. The van der Waals surface area contributed by atoms with E-state index < -0.39 is 9.84 Å². The van der Waals surface area contributed by atoms with Crippen molar-refractivity contribution in [2.45, 2.75) is 35.8 Å². The van der Waals surface area contributed by atoms with Gasteiger partial charge in [0.1, 0.15) is 0 Å². The number of benzene rings is 1. The summed E-state index contributed by atoms with van der Waals surface area (Å²) in [5, 5.41) is 2.40. The van der Waals surface area contributed by atoms with E-state index in [2.05, 4.69) is 21.2 Å². The minimum Gasteiger partial charge on any atom is -0.444 e. The molecule has 2 aromatic rings. The minimum absolute atomic E-state index is 0.180. The standard InChI is InChI=1S/C16H16BrNO4S/c17-15-10-9-14(22-15)16(19)18-11-5-7-13(8-6-11)23(20,21)12-3-1-2-4-12/h5-10,12H,1-4H2,(H,18,19). The molecule has 1 aromatic carbocycles. The van der Waals surface area contributed by atoms with Crippen LogP contribution >= 0.6 is 15.9 Å². The average molecular weight is 398 g/mol. The molecular weight excluding hydrogens is 382 g/mol. The van der Waals surface area contributed by atoms with Gasteiger partial charge in [0, 0.05) is 5.69 Å². The Labute approximate surface area is 143 Å². The van der Waals surface area contributed by atoms with E-state index in [0.717, 1.165) is 25.7 Å². The Balaban J connectivity index is 1.73. The molecule has 0 bridgehead atoms. The molecular formula is C16H16BrNO4S. The van der Waals surface area contributed by atoms with Crippen molar-refractivity contribution in [2.75, 3.05) is 5.32 Å². The highest BCUT2D eigenvalue weighted by molar-refractivity contribution is 9.10. The maximum Gasteiger partial charge on any atom is 0.291 e. The summed E-state index contributed by atoms with van der Waals surface area (Å²) >= 11 is 3.14. The van der Waals surface area contributed by atoms with Crippen LogP contribution in [0.4, 0.5) is 5.69 Å². The Bertz CT molecular complexity index is 805. The lowest BCUT2D eigenvalue weighted by atomic mass is 10.3. The monoisotopic (exact) mass is 397 g/mol. The predicted molar refractivity (Wildman–Crippen MR) is 90.2 cm³/mol. The van der Waals surface area contributed by atoms with Crippen molar-refractivity contribution in [3.05, 3.63) is 46.8 Å². The average Bonchev–Trinajstić information content (AvgIpc) is 3.19. The number of hydrogen-bond donors (Lipinski definition) is 1. The predicted octanol–water partition coefficient (Wildman–Crippen LogP) is 4.01. The summed E-state index contributed by atoms with van der Waals surface area (Å²) in [6, 6.07) is 9.46. The molecule has 0 saturated heterocycles. The number of rotatable bonds is 4. The van der Waals surface area contributed by atoms with Crippen LogP contribution in [-0.4, -0.2) is 19.6 Å². The third kappa shape index (κ3) is 3.50. The number of carbonyl (C=O) groups is 1. The van der Waals surface area contributed by atoms with Crippen molar-refractivity contribution in [3.8, 4) is 0 Å². The fourth-order valence-electron chi connectivity index (χ4n) is 2.75. The second-order valence-electron chi connectivity index (χ2n) is 5.53. The van der Waals surface area contributed by atoms with Gasteiger partial charge in [0.05, 0.1) is 10.1 Å². The molecule has 1 N–H and O–H groups in total. The molecule has 1 aliphatic rings. The first-order chi connectivity index (χ1) is 11.0. The summed E-state index contributed by atoms with van der Waals surface area (Å²) in [4.78, 5) is 12.3. The second-order valence-corrected chi connectivity index (χ2v) is 8.54. The summed E-state index contributed by atoms with van der Waals surface area (Å²) in [6.07, 6.45) is 3.40. The zero-order valence-electron chi connectivity index (χ0n) is 12.3. The highest BCUT2D eigenvalue weighted by atomic mass is 79.9. The number of carbonyl (C=O) groups excluding carboxylic acids is 1. The summed E-state index contributed by atoms with van der Waals surface area (Å²) in [5.41, 5.74) is 0.521. The fourth-order valence-corrected chi connectivity index (χ4v) is 4.91. The Kier molecular flexibility index (Phi) is 4.59. The maximum atomic E-state index is 12.5. The molecule has 122 valence electrons. The van der Waals surface area contributed by atoms with Crippen LogP contribution in [-0.2, 0) is 9.84 Å². The first-order valence-electron chi connectivity index (χ1n) is 7.37. The number of amides is 1. The topological polar surface area (TPSA) is 76.4 Å². The van der Waals surface area contributed by atoms with Crippen molar-refractivity contribution >= 4 is 37.4 Å². The molecule has 1 amide bonds. The summed E-state index contributed by atoms with van der Waals surface area (Å²) in [6.45, 7) is 0. The molecule has 0 spiro atoms. The van der Waals surface area contributed by atoms with Crippen LogP contribution in [0.15, 0.2) is 50.4 Å². The first kappa shape index (κ1) is 16.3. The zero-order valence-corrected chi connectivity index (χ0v) is 14.7. The van der Waals surface area contributed by atoms with Crippen LogP contribution < -0.4 is 5.32 Å². The number of nitrogens with one attached hydrogen (secondary N) is 1. The maximum absolute atomic E-state index is 12.5. The summed E-state index contributed by atoms with van der Waals surface area (Å²) in [5.74, 6) is -0.207. The van der Waals surface area contributed by atoms with E-state index in [1.54, 1.807) is 36.4 Å². The van der Waals surface area contributed by atoms with Crippen LogP contribution in [0.25, 0.3) is 0 Å². The van der Waals surface area contributed by atoms with E-state index in [1.807, 2.05) is 0 Å². The molecule has 0 aliphatic heterocycles. The molecule has 1 aliphatic carbocycles. The van der Waals surface area contributed by atoms with Crippen molar-refractivity contribution in [2.24, 2.45) is 0 Å². The van der Waals surface area contributed by atoms with Gasteiger partial charge in [-0.15, -0.1) is 0 Å². The molecule has 1 fully saturated rings. The fraction of sp³-hybridized carbons (Fsp3) is 0.312. The van der Waals surface area contributed by atoms with Gasteiger partial charge in [-0.25, -0.2) is 8.42 Å². The van der Waals surface area contributed by atoms with E-state index in [9.17, 15) is 13.2 Å². The summed E-state index contributed by atoms with van der Waals surface area (Å²) < 4.78 is 30.6. The molecule has 0 radical (unpaired) electrons. The lowest BCUT2D eigenvalue weighted by molar-refractivity contribution is 0.0995. The van der Waals surface area contributed by atoms with Gasteiger partial charge in [-0.1, -0.05) is 12.8 Å². The third-order valence-electron chi connectivity index (χ3n) is 3.98. The molecule has 0 unspecified atom stereocenters. The van der Waals surface area contributed by atoms with Gasteiger partial charge in [-0.3, -0.25) is 4.79 Å². The SMILES string of the molecule is O=C(Nc1ccc(S(=O)(=O)C2CCCC2)cc1)c1ccc(Br)o1. The van der Waals surface area contributed by atoms with Crippen molar-refractivity contribution in [1.29, 1.82) is 0 Å². The summed E-state index contributed by atoms with van der Waals surface area (Å²) in [7, 11) is -3.27. The molecule has 1 heterocycles. The Morgan fingerprint density at radius 1 is 1.09 bits per heavy atom. The lowest BCUT2D eigenvalue weighted by Gasteiger charge is -2.11. The van der Waals surface area contributed by atoms with E-state index >= 15 is 0 Å². The van der Waals surface area contributed by atoms with Crippen LogP contribution in [0.1, 0.15) is 36.2 Å². The van der Waals surface area contributed by atoms with Gasteiger partial charge in [0.2, 0.25) is 0 Å². The van der Waals surface area contributed by atoms with Crippen LogP contribution in [0.3, 0.4) is 0 Å². The third-order valence-corrected chi connectivity index (χ3v) is 6.68. The number of sulfone groups is 1. The van der Waals surface area contributed by atoms with Crippen LogP contribution in [0.5, 0.6) is 0 Å². The van der Waals surface area contributed by atoms with Gasteiger partial charge in [0.15, 0.2) is 20.3 Å². The molecule has 1 saturated carbocycles. The lowest BCUT2D eigenvalue weighted by Crippen LogP contribution is -2.18. The highest BCUT2D eigenvalue weighted by Crippen LogP contribution is 2.30. The Morgan fingerprint density at radius 3 is 2.30 bits per heavy atom. The molecule has 5 nitrogen and oxygen atoms in total. The van der Waals surface area contributed by atoms with E-state index in [0.29, 0.717) is 15.3 Å².